The van der Waals surface area contributed by atoms with Crippen LogP contribution in [0.5, 0.6) is 0 Å². The van der Waals surface area contributed by atoms with Crippen molar-refractivity contribution in [2.45, 2.75) is 44.8 Å². The predicted molar refractivity (Wildman–Crippen MR) is 85.8 cm³/mol. The first-order valence-corrected chi connectivity index (χ1v) is 8.59. The van der Waals surface area contributed by atoms with Gasteiger partial charge in [-0.2, -0.15) is 0 Å². The molecular formula is C16H29N3O4. The first-order chi connectivity index (χ1) is 11.1. The average molecular weight is 327 g/mol. The molecule has 7 nitrogen and oxygen atoms in total. The number of nitrogens with zero attached hydrogens (tertiary/aromatic N) is 2. The average Bonchev–Trinajstić information content (AvgIpc) is 2.78. The Hall–Kier alpha value is -1.18. The monoisotopic (exact) mass is 327 g/mol. The van der Waals surface area contributed by atoms with Gasteiger partial charge in [-0.25, -0.2) is 0 Å². The Morgan fingerprint density at radius 2 is 2.04 bits per heavy atom. The van der Waals surface area contributed by atoms with Crippen LogP contribution in [0.15, 0.2) is 0 Å². The number of carbonyl (C=O) groups excluding carboxylic acids is 2. The highest BCUT2D eigenvalue weighted by molar-refractivity contribution is 5.80. The Morgan fingerprint density at radius 1 is 1.22 bits per heavy atom. The molecule has 2 saturated heterocycles. The van der Waals surface area contributed by atoms with E-state index in [1.165, 1.54) is 0 Å². The van der Waals surface area contributed by atoms with Gasteiger partial charge in [0.2, 0.25) is 5.91 Å². The maximum absolute atomic E-state index is 12.5. The lowest BCUT2D eigenvalue weighted by atomic mass is 10.1. The molecule has 7 heteroatoms. The molecule has 2 heterocycles. The number of rotatable bonds is 6. The quantitative estimate of drug-likeness (QED) is 0.741. The normalized spacial score (nSPS) is 24.9. The van der Waals surface area contributed by atoms with Crippen LogP contribution in [-0.4, -0.2) is 79.8 Å². The maximum atomic E-state index is 12.5. The Kier molecular flexibility index (Phi) is 7.26. The van der Waals surface area contributed by atoms with E-state index in [1.54, 1.807) is 6.92 Å². The molecule has 2 N–H and O–H groups in total. The van der Waals surface area contributed by atoms with Gasteiger partial charge in [-0.05, 0) is 32.6 Å². The van der Waals surface area contributed by atoms with Crippen LogP contribution in [0, 0.1) is 0 Å². The topological polar surface area (TPSA) is 85.1 Å². The van der Waals surface area contributed by atoms with Crippen LogP contribution in [0.1, 0.15) is 32.6 Å². The van der Waals surface area contributed by atoms with E-state index in [2.05, 4.69) is 0 Å². The van der Waals surface area contributed by atoms with Gasteiger partial charge in [0.15, 0.2) is 0 Å². The highest BCUT2D eigenvalue weighted by Gasteiger charge is 2.25. The van der Waals surface area contributed by atoms with Crippen LogP contribution in [0.2, 0.25) is 0 Å². The third kappa shape index (κ3) is 6.08. The van der Waals surface area contributed by atoms with E-state index >= 15 is 0 Å². The number of hydrogen-bond acceptors (Lipinski definition) is 5. The highest BCUT2D eigenvalue weighted by atomic mass is 16.5. The van der Waals surface area contributed by atoms with E-state index < -0.39 is 6.10 Å². The van der Waals surface area contributed by atoms with E-state index in [-0.39, 0.29) is 24.5 Å². The van der Waals surface area contributed by atoms with Crippen molar-refractivity contribution in [2.24, 2.45) is 5.73 Å². The zero-order valence-electron chi connectivity index (χ0n) is 14.0. The van der Waals surface area contributed by atoms with Crippen LogP contribution < -0.4 is 5.73 Å². The van der Waals surface area contributed by atoms with Crippen LogP contribution in [-0.2, 0) is 19.1 Å². The second kappa shape index (κ2) is 9.20. The fourth-order valence-corrected chi connectivity index (χ4v) is 3.09. The second-order valence-electron chi connectivity index (χ2n) is 6.39. The molecule has 0 spiro atoms. The van der Waals surface area contributed by atoms with E-state index in [9.17, 15) is 9.59 Å². The van der Waals surface area contributed by atoms with Crippen molar-refractivity contribution in [1.29, 1.82) is 0 Å². The zero-order valence-corrected chi connectivity index (χ0v) is 14.0. The van der Waals surface area contributed by atoms with Crippen molar-refractivity contribution in [1.82, 2.24) is 9.80 Å². The first kappa shape index (κ1) is 18.2. The van der Waals surface area contributed by atoms with Gasteiger partial charge in [0.25, 0.3) is 5.91 Å². The summed E-state index contributed by atoms with van der Waals surface area (Å²) < 4.78 is 11.3. The van der Waals surface area contributed by atoms with Gasteiger partial charge in [0.1, 0.15) is 6.10 Å². The molecule has 0 bridgehead atoms. The lowest BCUT2D eigenvalue weighted by Crippen LogP contribution is -2.43. The third-order valence-electron chi connectivity index (χ3n) is 4.43. The molecule has 2 aliphatic heterocycles. The van der Waals surface area contributed by atoms with Crippen molar-refractivity contribution in [3.05, 3.63) is 0 Å². The lowest BCUT2D eigenvalue weighted by molar-refractivity contribution is -0.146. The fraction of sp³-hybridized carbons (Fsp3) is 0.875. The van der Waals surface area contributed by atoms with E-state index in [1.807, 2.05) is 9.80 Å². The number of hydrogen-bond donors (Lipinski definition) is 1. The highest BCUT2D eigenvalue weighted by Crippen LogP contribution is 2.14. The van der Waals surface area contributed by atoms with Gasteiger partial charge in [0.05, 0.1) is 19.3 Å². The number of carbonyl (C=O) groups is 2. The summed E-state index contributed by atoms with van der Waals surface area (Å²) in [4.78, 5) is 27.3. The van der Waals surface area contributed by atoms with Gasteiger partial charge in [-0.3, -0.25) is 14.5 Å². The summed E-state index contributed by atoms with van der Waals surface area (Å²) in [6.45, 7) is 6.10. The number of amides is 2. The smallest absolute Gasteiger partial charge is 0.251 e. The summed E-state index contributed by atoms with van der Waals surface area (Å²) in [5, 5.41) is 0. The van der Waals surface area contributed by atoms with Crippen molar-refractivity contribution >= 4 is 11.8 Å². The van der Waals surface area contributed by atoms with Crippen molar-refractivity contribution in [3.63, 3.8) is 0 Å². The molecule has 2 amide bonds. The standard InChI is InChI=1S/C16H29N3O4/c1-13(23-12-14-5-2-3-10-22-14)16(21)19-7-4-6-18(8-9-19)11-15(17)20/h13-14H,2-12H2,1H3,(H2,17,20). The van der Waals surface area contributed by atoms with Gasteiger partial charge in [-0.1, -0.05) is 0 Å². The molecule has 132 valence electrons. The molecule has 0 radical (unpaired) electrons. The molecule has 0 saturated carbocycles. The predicted octanol–water partition coefficient (Wildman–Crippen LogP) is -0.0198. The Morgan fingerprint density at radius 3 is 2.74 bits per heavy atom. The van der Waals surface area contributed by atoms with Crippen LogP contribution >= 0.6 is 0 Å². The van der Waals surface area contributed by atoms with Crippen LogP contribution in [0.3, 0.4) is 0 Å². The van der Waals surface area contributed by atoms with E-state index in [0.29, 0.717) is 26.2 Å². The Balaban J connectivity index is 1.73. The van der Waals surface area contributed by atoms with Gasteiger partial charge < -0.3 is 20.1 Å². The molecule has 0 aromatic carbocycles. The Labute approximate surface area is 138 Å². The molecule has 2 rings (SSSR count). The van der Waals surface area contributed by atoms with E-state index in [0.717, 1.165) is 38.8 Å². The lowest BCUT2D eigenvalue weighted by Gasteiger charge is -2.27. The fourth-order valence-electron chi connectivity index (χ4n) is 3.09. The SMILES string of the molecule is CC(OCC1CCCCO1)C(=O)N1CCCN(CC(N)=O)CC1. The molecular weight excluding hydrogens is 298 g/mol. The summed E-state index contributed by atoms with van der Waals surface area (Å²) in [6.07, 6.45) is 3.79. The molecule has 0 aromatic heterocycles. The molecule has 23 heavy (non-hydrogen) atoms. The van der Waals surface area contributed by atoms with Crippen LogP contribution in [0.4, 0.5) is 0 Å². The minimum Gasteiger partial charge on any atom is -0.376 e. The van der Waals surface area contributed by atoms with Crippen LogP contribution in [0.25, 0.3) is 0 Å². The van der Waals surface area contributed by atoms with Gasteiger partial charge >= 0.3 is 0 Å². The van der Waals surface area contributed by atoms with Crippen molar-refractivity contribution in [2.75, 3.05) is 45.9 Å². The summed E-state index contributed by atoms with van der Waals surface area (Å²) in [7, 11) is 0. The number of primary amides is 1. The Bertz CT molecular complexity index is 399. The summed E-state index contributed by atoms with van der Waals surface area (Å²) >= 11 is 0. The van der Waals surface area contributed by atoms with Crippen molar-refractivity contribution in [3.8, 4) is 0 Å². The second-order valence-corrected chi connectivity index (χ2v) is 6.39. The van der Waals surface area contributed by atoms with Gasteiger partial charge in [-0.15, -0.1) is 0 Å². The summed E-state index contributed by atoms with van der Waals surface area (Å²) in [5.41, 5.74) is 5.23. The first-order valence-electron chi connectivity index (χ1n) is 8.59. The molecule has 0 aromatic rings. The minimum atomic E-state index is -0.455. The molecule has 0 aliphatic carbocycles. The minimum absolute atomic E-state index is 0.0155. The summed E-state index contributed by atoms with van der Waals surface area (Å²) in [6, 6.07) is 0. The molecule has 2 unspecified atom stereocenters. The molecule has 2 aliphatic rings. The molecule has 2 atom stereocenters. The van der Waals surface area contributed by atoms with Gasteiger partial charge in [0, 0.05) is 32.8 Å². The molecule has 2 fully saturated rings. The largest absolute Gasteiger partial charge is 0.376 e. The maximum Gasteiger partial charge on any atom is 0.251 e. The number of nitrogens with two attached hydrogens (primary N) is 1. The van der Waals surface area contributed by atoms with Crippen molar-refractivity contribution < 1.29 is 19.1 Å². The number of ether oxygens (including phenoxy) is 2. The summed E-state index contributed by atoms with van der Waals surface area (Å²) in [5.74, 6) is -0.310. The van der Waals surface area contributed by atoms with E-state index in [4.69, 9.17) is 15.2 Å². The third-order valence-corrected chi connectivity index (χ3v) is 4.43. The zero-order chi connectivity index (χ0) is 16.7.